The Morgan fingerprint density at radius 3 is 2.27 bits per heavy atom. The zero-order valence-corrected chi connectivity index (χ0v) is 40.9. The predicted octanol–water partition coefficient (Wildman–Crippen LogP) is 5.38. The Balaban J connectivity index is 1.05. The van der Waals surface area contributed by atoms with E-state index in [9.17, 15) is 40.2 Å². The van der Waals surface area contributed by atoms with Crippen LogP contribution in [0.25, 0.3) is 6.08 Å². The van der Waals surface area contributed by atoms with Crippen LogP contribution in [-0.4, -0.2) is 131 Å². The van der Waals surface area contributed by atoms with Gasteiger partial charge in [-0.3, -0.25) is 9.59 Å². The van der Waals surface area contributed by atoms with Gasteiger partial charge in [0.1, 0.15) is 54.2 Å². The van der Waals surface area contributed by atoms with E-state index in [0.29, 0.717) is 35.8 Å². The van der Waals surface area contributed by atoms with Crippen molar-refractivity contribution >= 4 is 18.0 Å². The van der Waals surface area contributed by atoms with Crippen LogP contribution in [0.5, 0.6) is 11.5 Å². The van der Waals surface area contributed by atoms with E-state index in [1.165, 1.54) is 25.9 Å². The molecule has 67 heavy (non-hydrogen) atoms. The lowest BCUT2D eigenvalue weighted by molar-refractivity contribution is -0.322. The Morgan fingerprint density at radius 1 is 0.836 bits per heavy atom. The van der Waals surface area contributed by atoms with Crippen LogP contribution in [0.3, 0.4) is 0 Å². The van der Waals surface area contributed by atoms with Gasteiger partial charge in [-0.15, -0.1) is 0 Å². The Hall–Kier alpha value is -3.12. The molecule has 7 aliphatic rings. The molecule has 2 aliphatic heterocycles. The van der Waals surface area contributed by atoms with Crippen LogP contribution in [0, 0.1) is 50.2 Å². The summed E-state index contributed by atoms with van der Waals surface area (Å²) >= 11 is 0. The maximum Gasteiger partial charge on any atom is 0.310 e. The van der Waals surface area contributed by atoms with E-state index in [1.54, 1.807) is 24.3 Å². The number of carboxylic acid groups (broad SMARTS) is 1. The first-order chi connectivity index (χ1) is 31.5. The van der Waals surface area contributed by atoms with E-state index in [1.807, 2.05) is 0 Å². The molecule has 1 amide bonds. The van der Waals surface area contributed by atoms with Crippen molar-refractivity contribution in [2.75, 3.05) is 27.4 Å². The number of hydrogen-bond donors (Lipinski definition) is 7. The average molecular weight is 940 g/mol. The van der Waals surface area contributed by atoms with Gasteiger partial charge in [-0.25, -0.2) is 0 Å². The molecule has 1 aromatic carbocycles. The van der Waals surface area contributed by atoms with Crippen molar-refractivity contribution in [3.63, 3.8) is 0 Å². The van der Waals surface area contributed by atoms with Crippen LogP contribution in [0.15, 0.2) is 35.9 Å². The van der Waals surface area contributed by atoms with Gasteiger partial charge in [0.2, 0.25) is 5.91 Å². The van der Waals surface area contributed by atoms with Crippen molar-refractivity contribution in [3.8, 4) is 11.5 Å². The number of ether oxygens (including phenoxy) is 6. The molecule has 15 heteroatoms. The fraction of sp³-hybridized carbons (Fsp3) is 0.769. The third-order valence-corrected chi connectivity index (χ3v) is 19.0. The lowest BCUT2D eigenvalue weighted by Crippen LogP contribution is -2.67. The average Bonchev–Trinajstić information content (AvgIpc) is 3.28. The quantitative estimate of drug-likeness (QED) is 0.0842. The summed E-state index contributed by atoms with van der Waals surface area (Å²) in [5.41, 5.74) is 0.692. The smallest absolute Gasteiger partial charge is 0.310 e. The molecule has 7 N–H and O–H groups in total. The fourth-order valence-electron chi connectivity index (χ4n) is 14.8. The van der Waals surface area contributed by atoms with Gasteiger partial charge in [-0.1, -0.05) is 60.1 Å². The molecule has 4 saturated carbocycles. The monoisotopic (exact) mass is 940 g/mol. The van der Waals surface area contributed by atoms with Gasteiger partial charge in [0.25, 0.3) is 0 Å². The molecule has 6 fully saturated rings. The van der Waals surface area contributed by atoms with Crippen LogP contribution >= 0.6 is 0 Å². The zero-order valence-electron chi connectivity index (χ0n) is 40.9. The van der Waals surface area contributed by atoms with Gasteiger partial charge in [0, 0.05) is 11.6 Å². The van der Waals surface area contributed by atoms with Crippen molar-refractivity contribution in [3.05, 3.63) is 41.5 Å². The summed E-state index contributed by atoms with van der Waals surface area (Å²) in [5, 5.41) is 67.8. The number of carbonyl (C=O) groups is 2. The highest BCUT2D eigenvalue weighted by molar-refractivity contribution is 5.92. The Labute approximate surface area is 395 Å². The molecule has 0 aromatic heterocycles. The van der Waals surface area contributed by atoms with E-state index < -0.39 is 78.0 Å². The highest BCUT2D eigenvalue weighted by atomic mass is 16.7. The minimum atomic E-state index is -1.58. The molecular formula is C52H77NO14. The summed E-state index contributed by atoms with van der Waals surface area (Å²) in [6.45, 7) is 15.8. The number of amides is 1. The first-order valence-corrected chi connectivity index (χ1v) is 24.6. The van der Waals surface area contributed by atoms with E-state index >= 15 is 0 Å². The third-order valence-electron chi connectivity index (χ3n) is 19.0. The number of carbonyl (C=O) groups excluding carboxylic acids is 1. The number of benzene rings is 1. The van der Waals surface area contributed by atoms with Crippen LogP contribution < -0.4 is 14.8 Å². The van der Waals surface area contributed by atoms with Crippen molar-refractivity contribution < 1.29 is 68.6 Å². The molecule has 17 atom stereocenters. The molecule has 374 valence electrons. The Bertz CT molecular complexity index is 2070. The normalized spacial score (nSPS) is 44.5. The van der Waals surface area contributed by atoms with Crippen LogP contribution in [-0.2, 0) is 28.5 Å². The standard InChI is InChI=1S/C52H77NO14/c1-47(2)20-22-52(46(60)61)23-21-50(6)30(31(52)25-47)12-14-36-49(5)18-17-37(48(3,4)35(49)16-19-51(36,50)7)67-44-39(53-38(55)15-10-28-24-29(62-8)11-13-33(28)63-9)42(58)41(57)34(66-44)27-65-45-43(59)40(56)32(54)26-64-45/h10-13,15,24,31-32,34-37,39-45,54,56-59H,14,16-23,25-27H2,1-9H3,(H,53,55)(H,60,61)/b15-10+/t31-,32-,34+,35-,36+,37-,39+,40-,41+,42+,43+,44-,45-,49-,50+,51+,52-/m0/s1. The number of fused-ring (bicyclic) bond motifs is 7. The van der Waals surface area contributed by atoms with E-state index in [-0.39, 0.29) is 52.8 Å². The second-order valence-corrected chi connectivity index (χ2v) is 23.2. The molecule has 5 aliphatic carbocycles. The number of rotatable bonds is 11. The van der Waals surface area contributed by atoms with Gasteiger partial charge in [-0.2, -0.15) is 0 Å². The minimum absolute atomic E-state index is 0.0309. The number of hydrogen-bond acceptors (Lipinski definition) is 13. The predicted molar refractivity (Wildman–Crippen MR) is 246 cm³/mol. The molecular weight excluding hydrogens is 863 g/mol. The SMILES string of the molecule is COc1ccc(OC)c(/C=C/C(=O)N[C@H]2[C@H](O[C@H]3CC[C@]4(C)[C@H]5CC=C6[C@@H]7CC(C)(C)CC[C@]7(C(=O)O)CC[C@@]6(C)[C@]5(C)CC[C@H]4C3(C)C)O[C@H](CO[C@@H]3OC[C@H](O)[C@H](O)[C@H]3O)[C@@H](O)[C@@H]2O)c1. The maximum absolute atomic E-state index is 13.7. The van der Waals surface area contributed by atoms with Gasteiger partial charge < -0.3 is 64.4 Å². The molecule has 8 rings (SSSR count). The second-order valence-electron chi connectivity index (χ2n) is 23.2. The van der Waals surface area contributed by atoms with Gasteiger partial charge in [0.05, 0.1) is 39.0 Å². The number of carboxylic acids is 1. The van der Waals surface area contributed by atoms with Crippen molar-refractivity contribution in [2.24, 2.45) is 50.2 Å². The molecule has 0 radical (unpaired) electrons. The molecule has 1 aromatic rings. The number of aliphatic hydroxyl groups is 5. The lowest BCUT2D eigenvalue weighted by Gasteiger charge is -2.71. The summed E-state index contributed by atoms with van der Waals surface area (Å²) in [4.78, 5) is 26.9. The number of aliphatic hydroxyl groups excluding tert-OH is 5. The second kappa shape index (κ2) is 18.2. The topological polar surface area (TPSA) is 223 Å². The highest BCUT2D eigenvalue weighted by Gasteiger charge is 2.69. The number of nitrogens with one attached hydrogen (secondary N) is 1. The van der Waals surface area contributed by atoms with Crippen molar-refractivity contribution in [1.29, 1.82) is 0 Å². The molecule has 15 nitrogen and oxygen atoms in total. The Morgan fingerprint density at radius 2 is 1.57 bits per heavy atom. The number of allylic oxidation sites excluding steroid dienone is 2. The minimum Gasteiger partial charge on any atom is -0.497 e. The first-order valence-electron chi connectivity index (χ1n) is 24.6. The molecule has 0 spiro atoms. The van der Waals surface area contributed by atoms with Gasteiger partial charge >= 0.3 is 5.97 Å². The molecule has 2 saturated heterocycles. The summed E-state index contributed by atoms with van der Waals surface area (Å²) in [6.07, 6.45) is 2.09. The van der Waals surface area contributed by atoms with Crippen molar-refractivity contribution in [1.82, 2.24) is 5.32 Å². The lowest BCUT2D eigenvalue weighted by atomic mass is 9.33. The Kier molecular flexibility index (Phi) is 13.7. The third kappa shape index (κ3) is 8.47. The van der Waals surface area contributed by atoms with Crippen LogP contribution in [0.2, 0.25) is 0 Å². The fourth-order valence-corrected chi connectivity index (χ4v) is 14.8. The summed E-state index contributed by atoms with van der Waals surface area (Å²) in [6, 6.07) is 3.96. The largest absolute Gasteiger partial charge is 0.497 e. The molecule has 0 unspecified atom stereocenters. The number of aliphatic carboxylic acids is 1. The molecule has 2 heterocycles. The van der Waals surface area contributed by atoms with Crippen molar-refractivity contribution in [2.45, 2.75) is 174 Å². The van der Waals surface area contributed by atoms with Crippen LogP contribution in [0.4, 0.5) is 0 Å². The van der Waals surface area contributed by atoms with E-state index in [4.69, 9.17) is 28.4 Å². The maximum atomic E-state index is 13.7. The first kappa shape index (κ1) is 50.3. The van der Waals surface area contributed by atoms with E-state index in [2.05, 4.69) is 59.9 Å². The number of methoxy groups -OCH3 is 2. The zero-order chi connectivity index (χ0) is 48.6. The van der Waals surface area contributed by atoms with Gasteiger partial charge in [0.15, 0.2) is 12.6 Å². The summed E-state index contributed by atoms with van der Waals surface area (Å²) in [7, 11) is 3.06. The van der Waals surface area contributed by atoms with E-state index in [0.717, 1.165) is 51.4 Å². The molecule has 0 bridgehead atoms. The summed E-state index contributed by atoms with van der Waals surface area (Å²) in [5.74, 6) is 0.472. The van der Waals surface area contributed by atoms with Crippen LogP contribution in [0.1, 0.15) is 118 Å². The highest BCUT2D eigenvalue weighted by Crippen LogP contribution is 2.76. The van der Waals surface area contributed by atoms with Gasteiger partial charge in [-0.05, 0) is 133 Å². The summed E-state index contributed by atoms with van der Waals surface area (Å²) < 4.78 is 35.6.